The van der Waals surface area contributed by atoms with Crippen molar-refractivity contribution in [3.63, 3.8) is 0 Å². The highest BCUT2D eigenvalue weighted by Crippen LogP contribution is 2.41. The van der Waals surface area contributed by atoms with Crippen LogP contribution in [0.3, 0.4) is 0 Å². The number of hydrogen-bond donors (Lipinski definition) is 1. The van der Waals surface area contributed by atoms with Crippen molar-refractivity contribution in [1.29, 1.82) is 0 Å². The Balaban J connectivity index is 1.91. The van der Waals surface area contributed by atoms with Crippen molar-refractivity contribution in [2.75, 3.05) is 13.1 Å². The fourth-order valence-corrected chi connectivity index (χ4v) is 4.04. The van der Waals surface area contributed by atoms with Crippen LogP contribution in [0.4, 0.5) is 0 Å². The van der Waals surface area contributed by atoms with E-state index in [1.54, 1.807) is 6.20 Å². The van der Waals surface area contributed by atoms with Crippen molar-refractivity contribution in [2.24, 2.45) is 0 Å². The summed E-state index contributed by atoms with van der Waals surface area (Å²) in [4.78, 5) is 6.72. The second-order valence-corrected chi connectivity index (χ2v) is 7.24. The Morgan fingerprint density at radius 2 is 1.76 bits per heavy atom. The van der Waals surface area contributed by atoms with Crippen molar-refractivity contribution in [3.05, 3.63) is 69.8 Å². The first-order valence-electron chi connectivity index (χ1n) is 8.41. The van der Waals surface area contributed by atoms with E-state index in [0.717, 1.165) is 42.4 Å². The van der Waals surface area contributed by atoms with Crippen LogP contribution < -0.4 is 0 Å². The average molecular weight is 373 g/mol. The summed E-state index contributed by atoms with van der Waals surface area (Å²) in [7, 11) is 0. The molecule has 25 heavy (non-hydrogen) atoms. The maximum atomic E-state index is 10.9. The smallest absolute Gasteiger partial charge is 0.147 e. The molecule has 1 aliphatic heterocycles. The molecule has 1 saturated heterocycles. The first-order valence-corrected chi connectivity index (χ1v) is 9.16. The summed E-state index contributed by atoms with van der Waals surface area (Å²) >= 11 is 12.6. The highest BCUT2D eigenvalue weighted by molar-refractivity contribution is 6.35. The Morgan fingerprint density at radius 3 is 2.48 bits per heavy atom. The van der Waals surface area contributed by atoms with Crippen molar-refractivity contribution in [2.45, 2.75) is 18.9 Å². The molecule has 3 aromatic rings. The third-order valence-electron chi connectivity index (χ3n) is 4.83. The highest BCUT2D eigenvalue weighted by Gasteiger charge is 2.28. The molecular formula is C20H18Cl2N2O. The quantitative estimate of drug-likeness (QED) is 0.665. The van der Waals surface area contributed by atoms with Gasteiger partial charge in [0.1, 0.15) is 11.3 Å². The third-order valence-corrected chi connectivity index (χ3v) is 5.40. The normalized spacial score (nSPS) is 16.4. The molecule has 1 N–H and O–H groups in total. The number of rotatable bonds is 3. The van der Waals surface area contributed by atoms with Crippen LogP contribution in [0.5, 0.6) is 5.75 Å². The molecule has 0 amide bonds. The lowest BCUT2D eigenvalue weighted by molar-refractivity contribution is 0.275. The zero-order valence-corrected chi connectivity index (χ0v) is 15.1. The van der Waals surface area contributed by atoms with Crippen LogP contribution in [0.1, 0.15) is 30.0 Å². The van der Waals surface area contributed by atoms with E-state index in [1.807, 2.05) is 42.5 Å². The number of hydrogen-bond acceptors (Lipinski definition) is 3. The molecule has 2 heterocycles. The molecular weight excluding hydrogens is 355 g/mol. The number of halogens is 2. The monoisotopic (exact) mass is 372 g/mol. The maximum absolute atomic E-state index is 10.9. The van der Waals surface area contributed by atoms with Gasteiger partial charge in [0.15, 0.2) is 0 Å². The van der Waals surface area contributed by atoms with Gasteiger partial charge in [-0.25, -0.2) is 0 Å². The first-order chi connectivity index (χ1) is 12.1. The number of phenolic OH excluding ortho intramolecular Hbond substituents is 1. The van der Waals surface area contributed by atoms with Crippen molar-refractivity contribution >= 4 is 34.1 Å². The van der Waals surface area contributed by atoms with E-state index in [9.17, 15) is 5.11 Å². The number of likely N-dealkylation sites (tertiary alicyclic amines) is 1. The number of pyridine rings is 1. The van der Waals surface area contributed by atoms with Crippen LogP contribution in [-0.4, -0.2) is 28.1 Å². The van der Waals surface area contributed by atoms with Gasteiger partial charge in [-0.1, -0.05) is 35.3 Å². The zero-order valence-electron chi connectivity index (χ0n) is 13.6. The van der Waals surface area contributed by atoms with E-state index in [-0.39, 0.29) is 11.8 Å². The van der Waals surface area contributed by atoms with E-state index < -0.39 is 0 Å². The molecule has 128 valence electrons. The Morgan fingerprint density at radius 1 is 1.04 bits per heavy atom. The molecule has 0 radical (unpaired) electrons. The largest absolute Gasteiger partial charge is 0.505 e. The molecule has 0 spiro atoms. The molecule has 1 aliphatic rings. The molecule has 0 bridgehead atoms. The van der Waals surface area contributed by atoms with E-state index in [1.165, 1.54) is 0 Å². The summed E-state index contributed by atoms with van der Waals surface area (Å²) in [5.74, 6) is 0.201. The van der Waals surface area contributed by atoms with E-state index in [2.05, 4.69) is 9.88 Å². The lowest BCUT2D eigenvalue weighted by Crippen LogP contribution is -2.26. The standard InChI is InChI=1S/C20H18Cl2N2O/c21-14-7-5-13(6-8-14)19(24-10-1-2-11-24)16-12-17(22)15-4-3-9-23-18(15)20(16)25/h3-9,12,19,25H,1-2,10-11H2/t19-/m1/s1. The Labute approximate surface area is 156 Å². The fraction of sp³-hybridized carbons (Fsp3) is 0.250. The van der Waals surface area contributed by atoms with Crippen LogP contribution in [0.25, 0.3) is 10.9 Å². The van der Waals surface area contributed by atoms with Crippen LogP contribution in [-0.2, 0) is 0 Å². The predicted molar refractivity (Wildman–Crippen MR) is 103 cm³/mol. The molecule has 0 unspecified atom stereocenters. The van der Waals surface area contributed by atoms with Gasteiger partial charge in [0.2, 0.25) is 0 Å². The van der Waals surface area contributed by atoms with Gasteiger partial charge < -0.3 is 5.11 Å². The molecule has 0 aliphatic carbocycles. The molecule has 1 fully saturated rings. The topological polar surface area (TPSA) is 36.4 Å². The van der Waals surface area contributed by atoms with Gasteiger partial charge in [0, 0.05) is 22.2 Å². The minimum Gasteiger partial charge on any atom is -0.505 e. The summed E-state index contributed by atoms with van der Waals surface area (Å²) < 4.78 is 0. The van der Waals surface area contributed by atoms with Crippen LogP contribution in [0.15, 0.2) is 48.7 Å². The summed E-state index contributed by atoms with van der Waals surface area (Å²) in [6.07, 6.45) is 3.99. The van der Waals surface area contributed by atoms with Gasteiger partial charge in [0.05, 0.1) is 11.1 Å². The number of fused-ring (bicyclic) bond motifs is 1. The predicted octanol–water partition coefficient (Wildman–Crippen LogP) is 5.43. The molecule has 0 saturated carbocycles. The number of nitrogens with zero attached hydrogens (tertiary/aromatic N) is 2. The summed E-state index contributed by atoms with van der Waals surface area (Å²) in [5.41, 5.74) is 2.43. The minimum atomic E-state index is -0.0660. The van der Waals surface area contributed by atoms with Gasteiger partial charge in [0.25, 0.3) is 0 Å². The third kappa shape index (κ3) is 3.08. The van der Waals surface area contributed by atoms with Crippen molar-refractivity contribution in [3.8, 4) is 5.75 Å². The number of aromatic nitrogens is 1. The minimum absolute atomic E-state index is 0.0660. The summed E-state index contributed by atoms with van der Waals surface area (Å²) in [6.45, 7) is 1.98. The van der Waals surface area contributed by atoms with Crippen LogP contribution >= 0.6 is 23.2 Å². The second kappa shape index (κ2) is 6.83. The van der Waals surface area contributed by atoms with Crippen molar-refractivity contribution in [1.82, 2.24) is 9.88 Å². The zero-order chi connectivity index (χ0) is 17.4. The van der Waals surface area contributed by atoms with E-state index in [4.69, 9.17) is 23.2 Å². The summed E-state index contributed by atoms with van der Waals surface area (Å²) in [6, 6.07) is 13.3. The Kier molecular flexibility index (Phi) is 4.55. The fourth-order valence-electron chi connectivity index (χ4n) is 3.65. The van der Waals surface area contributed by atoms with E-state index >= 15 is 0 Å². The van der Waals surface area contributed by atoms with E-state index in [0.29, 0.717) is 15.6 Å². The Hall–Kier alpha value is -1.81. The molecule has 1 aromatic heterocycles. The van der Waals surface area contributed by atoms with Gasteiger partial charge in [-0.05, 0) is 61.8 Å². The number of phenols is 1. The Bertz CT molecular complexity index is 905. The van der Waals surface area contributed by atoms with Gasteiger partial charge in [-0.3, -0.25) is 9.88 Å². The molecule has 3 nitrogen and oxygen atoms in total. The van der Waals surface area contributed by atoms with Gasteiger partial charge in [-0.2, -0.15) is 0 Å². The molecule has 5 heteroatoms. The average Bonchev–Trinajstić information content (AvgIpc) is 3.15. The van der Waals surface area contributed by atoms with Gasteiger partial charge >= 0.3 is 0 Å². The molecule has 4 rings (SSSR count). The second-order valence-electron chi connectivity index (χ2n) is 6.39. The number of benzene rings is 2. The molecule has 2 aromatic carbocycles. The van der Waals surface area contributed by atoms with Gasteiger partial charge in [-0.15, -0.1) is 0 Å². The first kappa shape index (κ1) is 16.6. The van der Waals surface area contributed by atoms with Crippen LogP contribution in [0.2, 0.25) is 10.0 Å². The molecule has 1 atom stereocenters. The SMILES string of the molecule is Oc1c([C@@H](c2ccc(Cl)cc2)N2CCCC2)cc(Cl)c2cccnc12. The lowest BCUT2D eigenvalue weighted by Gasteiger charge is -2.29. The lowest BCUT2D eigenvalue weighted by atomic mass is 9.95. The highest BCUT2D eigenvalue weighted by atomic mass is 35.5. The number of aromatic hydroxyl groups is 1. The summed E-state index contributed by atoms with van der Waals surface area (Å²) in [5, 5.41) is 13.0. The van der Waals surface area contributed by atoms with Crippen molar-refractivity contribution < 1.29 is 5.11 Å². The maximum Gasteiger partial charge on any atom is 0.147 e. The van der Waals surface area contributed by atoms with Crippen LogP contribution in [0, 0.1) is 0 Å².